The monoisotopic (exact) mass is 265 g/mol. The fourth-order valence-corrected chi connectivity index (χ4v) is 2.07. The van der Waals surface area contributed by atoms with Crippen LogP contribution in [0.3, 0.4) is 0 Å². The Balaban J connectivity index is 2.53. The predicted octanol–water partition coefficient (Wildman–Crippen LogP) is 3.61. The fraction of sp³-hybridized carbons (Fsp3) is 0.625. The summed E-state index contributed by atoms with van der Waals surface area (Å²) in [6, 6.07) is 8.66. The molecule has 19 heavy (non-hydrogen) atoms. The Kier molecular flexibility index (Phi) is 7.53. The van der Waals surface area contributed by atoms with Gasteiger partial charge in [-0.1, -0.05) is 17.7 Å². The Morgan fingerprint density at radius 1 is 1.00 bits per heavy atom. The van der Waals surface area contributed by atoms with Crippen molar-refractivity contribution in [2.24, 2.45) is 0 Å². The summed E-state index contributed by atoms with van der Waals surface area (Å²) in [5.74, 6) is 0. The molecular weight excluding hydrogens is 238 g/mol. The second kappa shape index (κ2) is 8.94. The van der Waals surface area contributed by atoms with Gasteiger partial charge in [-0.25, -0.2) is 0 Å². The zero-order valence-corrected chi connectivity index (χ0v) is 12.7. The Bertz CT molecular complexity index is 331. The first-order chi connectivity index (χ1) is 9.21. The maximum atomic E-state index is 5.58. The van der Waals surface area contributed by atoms with Gasteiger partial charge in [0.25, 0.3) is 0 Å². The minimum Gasteiger partial charge on any atom is -0.372 e. The molecule has 0 fully saturated rings. The van der Waals surface area contributed by atoms with Gasteiger partial charge in [0.2, 0.25) is 0 Å². The lowest BCUT2D eigenvalue weighted by atomic mass is 10.2. The Morgan fingerprint density at radius 2 is 1.58 bits per heavy atom. The number of ether oxygens (including phenoxy) is 2. The Morgan fingerprint density at radius 3 is 2.05 bits per heavy atom. The summed E-state index contributed by atoms with van der Waals surface area (Å²) in [4.78, 5) is 2.35. The van der Waals surface area contributed by atoms with E-state index in [4.69, 9.17) is 9.47 Å². The molecule has 0 heterocycles. The van der Waals surface area contributed by atoms with Gasteiger partial charge < -0.3 is 14.4 Å². The third-order valence-corrected chi connectivity index (χ3v) is 3.12. The molecule has 0 bridgehead atoms. The van der Waals surface area contributed by atoms with Gasteiger partial charge in [-0.05, 0) is 39.8 Å². The molecule has 3 nitrogen and oxygen atoms in total. The van der Waals surface area contributed by atoms with Crippen molar-refractivity contribution in [3.63, 3.8) is 0 Å². The first-order valence-electron chi connectivity index (χ1n) is 7.26. The predicted molar refractivity (Wildman–Crippen MR) is 80.7 cm³/mol. The van der Waals surface area contributed by atoms with Crippen LogP contribution < -0.4 is 4.90 Å². The number of hydrogen-bond donors (Lipinski definition) is 0. The first-order valence-corrected chi connectivity index (χ1v) is 7.26. The summed E-state index contributed by atoms with van der Waals surface area (Å²) >= 11 is 0. The van der Waals surface area contributed by atoms with Crippen molar-refractivity contribution in [3.8, 4) is 0 Å². The third-order valence-electron chi connectivity index (χ3n) is 3.12. The molecule has 1 aromatic carbocycles. The molecule has 0 aliphatic heterocycles. The van der Waals surface area contributed by atoms with Crippen molar-refractivity contribution < 1.29 is 9.47 Å². The maximum absolute atomic E-state index is 5.58. The lowest BCUT2D eigenvalue weighted by molar-refractivity contribution is -0.138. The van der Waals surface area contributed by atoms with E-state index in [1.165, 1.54) is 11.3 Å². The topological polar surface area (TPSA) is 21.7 Å². The van der Waals surface area contributed by atoms with Gasteiger partial charge >= 0.3 is 0 Å². The van der Waals surface area contributed by atoms with Crippen LogP contribution in [0.25, 0.3) is 0 Å². The highest BCUT2D eigenvalue weighted by Crippen LogP contribution is 2.16. The number of rotatable bonds is 9. The summed E-state index contributed by atoms with van der Waals surface area (Å²) < 4.78 is 11.2. The van der Waals surface area contributed by atoms with Crippen LogP contribution in [0.1, 0.15) is 32.8 Å². The minimum absolute atomic E-state index is 0.0884. The molecule has 0 aromatic heterocycles. The van der Waals surface area contributed by atoms with Crippen LogP contribution >= 0.6 is 0 Å². The van der Waals surface area contributed by atoms with E-state index >= 15 is 0 Å². The van der Waals surface area contributed by atoms with E-state index in [2.05, 4.69) is 43.0 Å². The minimum atomic E-state index is -0.0884. The van der Waals surface area contributed by atoms with E-state index in [9.17, 15) is 0 Å². The molecule has 0 unspecified atom stereocenters. The lowest BCUT2D eigenvalue weighted by Gasteiger charge is -2.26. The molecule has 1 aromatic rings. The fourth-order valence-electron chi connectivity index (χ4n) is 2.07. The van der Waals surface area contributed by atoms with Crippen LogP contribution in [0.2, 0.25) is 0 Å². The van der Waals surface area contributed by atoms with Crippen LogP contribution in [0.5, 0.6) is 0 Å². The normalized spacial score (nSPS) is 11.0. The smallest absolute Gasteiger partial charge is 0.159 e. The van der Waals surface area contributed by atoms with Gasteiger partial charge in [0.15, 0.2) is 6.29 Å². The molecule has 108 valence electrons. The zero-order chi connectivity index (χ0) is 14.1. The molecule has 0 spiro atoms. The molecule has 0 saturated carbocycles. The van der Waals surface area contributed by atoms with E-state index in [-0.39, 0.29) is 6.29 Å². The van der Waals surface area contributed by atoms with Crippen LogP contribution in [0.15, 0.2) is 24.3 Å². The van der Waals surface area contributed by atoms with Crippen molar-refractivity contribution in [2.45, 2.75) is 40.4 Å². The summed E-state index contributed by atoms with van der Waals surface area (Å²) in [5.41, 5.74) is 2.56. The van der Waals surface area contributed by atoms with Crippen LogP contribution in [0.4, 0.5) is 5.69 Å². The standard InChI is InChI=1S/C16H27NO2/c1-5-17(15-10-8-14(4)9-11-15)13-12-16(18-6-2)19-7-3/h8-11,16H,5-7,12-13H2,1-4H3. The van der Waals surface area contributed by atoms with Crippen LogP contribution in [0, 0.1) is 6.92 Å². The molecule has 0 radical (unpaired) electrons. The van der Waals surface area contributed by atoms with Crippen molar-refractivity contribution in [1.29, 1.82) is 0 Å². The molecule has 1 rings (SSSR count). The highest BCUT2D eigenvalue weighted by Gasteiger charge is 2.11. The second-order valence-corrected chi connectivity index (χ2v) is 4.54. The van der Waals surface area contributed by atoms with Gasteiger partial charge in [0.1, 0.15) is 0 Å². The molecule has 0 atom stereocenters. The Labute approximate surface area is 117 Å². The van der Waals surface area contributed by atoms with Gasteiger partial charge in [0, 0.05) is 38.4 Å². The van der Waals surface area contributed by atoms with Crippen molar-refractivity contribution in [1.82, 2.24) is 0 Å². The first kappa shape index (κ1) is 16.0. The quantitative estimate of drug-likeness (QED) is 0.637. The lowest BCUT2D eigenvalue weighted by Crippen LogP contribution is -2.29. The average molecular weight is 265 g/mol. The number of benzene rings is 1. The summed E-state index contributed by atoms with van der Waals surface area (Å²) in [6.45, 7) is 11.6. The van der Waals surface area contributed by atoms with E-state index < -0.39 is 0 Å². The van der Waals surface area contributed by atoms with E-state index in [0.717, 1.165) is 19.5 Å². The highest BCUT2D eigenvalue weighted by atomic mass is 16.7. The summed E-state index contributed by atoms with van der Waals surface area (Å²) in [6.07, 6.45) is 0.804. The van der Waals surface area contributed by atoms with Crippen molar-refractivity contribution in [2.75, 3.05) is 31.2 Å². The van der Waals surface area contributed by atoms with Gasteiger partial charge in [-0.3, -0.25) is 0 Å². The molecular formula is C16H27NO2. The number of anilines is 1. The third kappa shape index (κ3) is 5.62. The number of nitrogens with zero attached hydrogens (tertiary/aromatic N) is 1. The maximum Gasteiger partial charge on any atom is 0.159 e. The highest BCUT2D eigenvalue weighted by molar-refractivity contribution is 5.47. The number of aryl methyl sites for hydroxylation is 1. The molecule has 0 amide bonds. The zero-order valence-electron chi connectivity index (χ0n) is 12.7. The molecule has 0 saturated heterocycles. The molecule has 3 heteroatoms. The molecule has 0 aliphatic carbocycles. The summed E-state index contributed by atoms with van der Waals surface area (Å²) in [7, 11) is 0. The van der Waals surface area contributed by atoms with Crippen LogP contribution in [-0.2, 0) is 9.47 Å². The van der Waals surface area contributed by atoms with Crippen molar-refractivity contribution in [3.05, 3.63) is 29.8 Å². The SMILES string of the molecule is CCOC(CCN(CC)c1ccc(C)cc1)OCC. The largest absolute Gasteiger partial charge is 0.372 e. The van der Waals surface area contributed by atoms with E-state index in [1.54, 1.807) is 0 Å². The van der Waals surface area contributed by atoms with E-state index in [0.29, 0.717) is 13.2 Å². The number of hydrogen-bond acceptors (Lipinski definition) is 3. The van der Waals surface area contributed by atoms with Crippen molar-refractivity contribution >= 4 is 5.69 Å². The van der Waals surface area contributed by atoms with Gasteiger partial charge in [0.05, 0.1) is 0 Å². The van der Waals surface area contributed by atoms with Crippen LogP contribution in [-0.4, -0.2) is 32.6 Å². The van der Waals surface area contributed by atoms with Gasteiger partial charge in [-0.2, -0.15) is 0 Å². The molecule has 0 aliphatic rings. The second-order valence-electron chi connectivity index (χ2n) is 4.54. The van der Waals surface area contributed by atoms with Gasteiger partial charge in [-0.15, -0.1) is 0 Å². The molecule has 0 N–H and O–H groups in total. The average Bonchev–Trinajstić information content (AvgIpc) is 2.41. The summed E-state index contributed by atoms with van der Waals surface area (Å²) in [5, 5.41) is 0. The van der Waals surface area contributed by atoms with E-state index in [1.807, 2.05) is 13.8 Å². The Hall–Kier alpha value is -1.06.